The quantitative estimate of drug-likeness (QED) is 0.739. The lowest BCUT2D eigenvalue weighted by molar-refractivity contribution is 0.0258. The molecule has 1 saturated carbocycles. The number of pyridine rings is 1. The third-order valence-electron chi connectivity index (χ3n) is 2.90. The number of nitrogens with zero attached hydrogens (tertiary/aromatic N) is 1. The van der Waals surface area contributed by atoms with E-state index in [9.17, 15) is 5.11 Å². The summed E-state index contributed by atoms with van der Waals surface area (Å²) in [7, 11) is 0. The molecule has 1 atom stereocenters. The van der Waals surface area contributed by atoms with E-state index in [1.165, 1.54) is 0 Å². The molecule has 76 valence electrons. The van der Waals surface area contributed by atoms with E-state index < -0.39 is 5.60 Å². The molecule has 0 aromatic carbocycles. The predicted molar refractivity (Wildman–Crippen MR) is 54.7 cm³/mol. The Morgan fingerprint density at radius 3 is 2.79 bits per heavy atom. The first-order valence-electron chi connectivity index (χ1n) is 5.07. The van der Waals surface area contributed by atoms with Gasteiger partial charge in [0.05, 0.1) is 5.60 Å². The molecule has 0 amide bonds. The molecular formula is C11H16N2O. The molecule has 3 nitrogen and oxygen atoms in total. The summed E-state index contributed by atoms with van der Waals surface area (Å²) in [6, 6.07) is 5.75. The van der Waals surface area contributed by atoms with Crippen LogP contribution in [0.25, 0.3) is 0 Å². The molecule has 3 heteroatoms. The smallest absolute Gasteiger partial charge is 0.0852 e. The van der Waals surface area contributed by atoms with E-state index in [2.05, 4.69) is 4.98 Å². The summed E-state index contributed by atoms with van der Waals surface area (Å²) in [5.74, 6) is 0.384. The average molecular weight is 192 g/mol. The van der Waals surface area contributed by atoms with Gasteiger partial charge in [-0.25, -0.2) is 0 Å². The summed E-state index contributed by atoms with van der Waals surface area (Å²) < 4.78 is 0. The first kappa shape index (κ1) is 9.62. The van der Waals surface area contributed by atoms with Gasteiger partial charge in [-0.1, -0.05) is 6.07 Å². The highest BCUT2D eigenvalue weighted by Crippen LogP contribution is 2.40. The van der Waals surface area contributed by atoms with E-state index in [0.717, 1.165) is 18.5 Å². The molecule has 1 fully saturated rings. The second kappa shape index (κ2) is 3.67. The third-order valence-corrected chi connectivity index (χ3v) is 2.90. The Bertz CT molecular complexity index is 297. The molecule has 0 bridgehead atoms. The van der Waals surface area contributed by atoms with Crippen LogP contribution in [0.5, 0.6) is 0 Å². The molecule has 0 spiro atoms. The Hall–Kier alpha value is -0.930. The van der Waals surface area contributed by atoms with Crippen LogP contribution in [0.2, 0.25) is 0 Å². The van der Waals surface area contributed by atoms with Gasteiger partial charge in [0.25, 0.3) is 0 Å². The molecule has 1 aromatic heterocycles. The van der Waals surface area contributed by atoms with Crippen LogP contribution < -0.4 is 5.73 Å². The van der Waals surface area contributed by atoms with Gasteiger partial charge in [0, 0.05) is 24.9 Å². The number of aromatic nitrogens is 1. The van der Waals surface area contributed by atoms with E-state index in [4.69, 9.17) is 5.73 Å². The van der Waals surface area contributed by atoms with Crippen molar-refractivity contribution in [1.82, 2.24) is 4.98 Å². The van der Waals surface area contributed by atoms with E-state index in [-0.39, 0.29) is 0 Å². The minimum absolute atomic E-state index is 0.328. The summed E-state index contributed by atoms with van der Waals surface area (Å²) in [4.78, 5) is 4.21. The van der Waals surface area contributed by atoms with Crippen molar-refractivity contribution in [3.63, 3.8) is 0 Å². The zero-order chi connectivity index (χ0) is 10.0. The van der Waals surface area contributed by atoms with Gasteiger partial charge in [0.1, 0.15) is 0 Å². The Morgan fingerprint density at radius 2 is 2.29 bits per heavy atom. The summed E-state index contributed by atoms with van der Waals surface area (Å²) in [6.07, 6.45) is 4.52. The van der Waals surface area contributed by atoms with Crippen LogP contribution in [-0.4, -0.2) is 22.2 Å². The summed E-state index contributed by atoms with van der Waals surface area (Å²) in [5, 5.41) is 10.2. The minimum Gasteiger partial charge on any atom is -0.388 e. The second-order valence-corrected chi connectivity index (χ2v) is 4.08. The van der Waals surface area contributed by atoms with Gasteiger partial charge < -0.3 is 10.8 Å². The Kier molecular flexibility index (Phi) is 2.52. The van der Waals surface area contributed by atoms with Crippen LogP contribution >= 0.6 is 0 Å². The van der Waals surface area contributed by atoms with Gasteiger partial charge in [0.2, 0.25) is 0 Å². The van der Waals surface area contributed by atoms with Gasteiger partial charge in [-0.05, 0) is 30.9 Å². The lowest BCUT2D eigenvalue weighted by Crippen LogP contribution is -2.42. The SMILES string of the molecule is NCC(O)(Cc1ccccn1)C1CC1. The summed E-state index contributed by atoms with van der Waals surface area (Å²) >= 11 is 0. The zero-order valence-electron chi connectivity index (χ0n) is 8.19. The number of aliphatic hydroxyl groups is 1. The Balaban J connectivity index is 2.08. The van der Waals surface area contributed by atoms with Crippen LogP contribution in [0.4, 0.5) is 0 Å². The standard InChI is InChI=1S/C11H16N2O/c12-8-11(14,9-4-5-9)7-10-3-1-2-6-13-10/h1-3,6,9,14H,4-5,7-8,12H2. The second-order valence-electron chi connectivity index (χ2n) is 4.08. The fourth-order valence-electron chi connectivity index (χ4n) is 1.82. The average Bonchev–Trinajstić information content (AvgIpc) is 3.03. The van der Waals surface area contributed by atoms with Crippen LogP contribution in [0, 0.1) is 5.92 Å². The fourth-order valence-corrected chi connectivity index (χ4v) is 1.82. The maximum absolute atomic E-state index is 10.2. The third kappa shape index (κ3) is 1.94. The highest BCUT2D eigenvalue weighted by atomic mass is 16.3. The van der Waals surface area contributed by atoms with Crippen molar-refractivity contribution in [3.8, 4) is 0 Å². The lowest BCUT2D eigenvalue weighted by atomic mass is 9.92. The van der Waals surface area contributed by atoms with Crippen LogP contribution in [0.1, 0.15) is 18.5 Å². The van der Waals surface area contributed by atoms with Crippen molar-refractivity contribution in [1.29, 1.82) is 0 Å². The number of hydrogen-bond acceptors (Lipinski definition) is 3. The molecule has 14 heavy (non-hydrogen) atoms. The van der Waals surface area contributed by atoms with Gasteiger partial charge >= 0.3 is 0 Å². The van der Waals surface area contributed by atoms with Crippen molar-refractivity contribution in [3.05, 3.63) is 30.1 Å². The van der Waals surface area contributed by atoms with Gasteiger partial charge in [-0.3, -0.25) is 4.98 Å². The highest BCUT2D eigenvalue weighted by molar-refractivity contribution is 5.10. The lowest BCUT2D eigenvalue weighted by Gasteiger charge is -2.25. The van der Waals surface area contributed by atoms with Crippen molar-refractivity contribution in [2.24, 2.45) is 11.7 Å². The first-order valence-corrected chi connectivity index (χ1v) is 5.07. The minimum atomic E-state index is -0.728. The monoisotopic (exact) mass is 192 g/mol. The normalized spacial score (nSPS) is 20.4. The molecular weight excluding hydrogens is 176 g/mol. The maximum Gasteiger partial charge on any atom is 0.0852 e. The largest absolute Gasteiger partial charge is 0.388 e. The molecule has 0 radical (unpaired) electrons. The summed E-state index contributed by atoms with van der Waals surface area (Å²) in [5.41, 5.74) is 5.81. The van der Waals surface area contributed by atoms with Gasteiger partial charge in [-0.2, -0.15) is 0 Å². The maximum atomic E-state index is 10.2. The molecule has 1 aliphatic carbocycles. The number of hydrogen-bond donors (Lipinski definition) is 2. The molecule has 1 heterocycles. The molecule has 0 aliphatic heterocycles. The van der Waals surface area contributed by atoms with Crippen LogP contribution in [-0.2, 0) is 6.42 Å². The number of nitrogens with two attached hydrogens (primary N) is 1. The molecule has 2 rings (SSSR count). The number of rotatable bonds is 4. The molecule has 1 aromatic rings. The van der Waals surface area contributed by atoms with Crippen molar-refractivity contribution in [2.75, 3.05) is 6.54 Å². The Morgan fingerprint density at radius 1 is 1.50 bits per heavy atom. The van der Waals surface area contributed by atoms with E-state index in [1.807, 2.05) is 18.2 Å². The van der Waals surface area contributed by atoms with Crippen molar-refractivity contribution >= 4 is 0 Å². The van der Waals surface area contributed by atoms with Crippen molar-refractivity contribution in [2.45, 2.75) is 24.9 Å². The van der Waals surface area contributed by atoms with Gasteiger partial charge in [0.15, 0.2) is 0 Å². The fraction of sp³-hybridized carbons (Fsp3) is 0.545. The predicted octanol–water partition coefficient (Wildman–Crippen LogP) is 0.724. The Labute approximate surface area is 84.0 Å². The molecule has 3 N–H and O–H groups in total. The zero-order valence-corrected chi connectivity index (χ0v) is 8.19. The van der Waals surface area contributed by atoms with E-state index >= 15 is 0 Å². The molecule has 0 saturated heterocycles. The van der Waals surface area contributed by atoms with Gasteiger partial charge in [-0.15, -0.1) is 0 Å². The highest BCUT2D eigenvalue weighted by Gasteiger charge is 2.42. The topological polar surface area (TPSA) is 59.1 Å². The molecule has 1 aliphatic rings. The van der Waals surface area contributed by atoms with E-state index in [0.29, 0.717) is 18.9 Å². The molecule has 1 unspecified atom stereocenters. The van der Waals surface area contributed by atoms with E-state index in [1.54, 1.807) is 6.20 Å². The first-order chi connectivity index (χ1) is 6.74. The van der Waals surface area contributed by atoms with Crippen LogP contribution in [0.3, 0.4) is 0 Å². The van der Waals surface area contributed by atoms with Crippen molar-refractivity contribution < 1.29 is 5.11 Å². The van der Waals surface area contributed by atoms with Crippen LogP contribution in [0.15, 0.2) is 24.4 Å². The summed E-state index contributed by atoms with van der Waals surface area (Å²) in [6.45, 7) is 0.328.